The fourth-order valence-electron chi connectivity index (χ4n) is 4.09. The van der Waals surface area contributed by atoms with Gasteiger partial charge in [0.1, 0.15) is 17.1 Å². The van der Waals surface area contributed by atoms with Crippen LogP contribution in [-0.4, -0.2) is 45.0 Å². The van der Waals surface area contributed by atoms with Gasteiger partial charge in [0.25, 0.3) is 0 Å². The van der Waals surface area contributed by atoms with E-state index >= 15 is 0 Å². The molecule has 3 heterocycles. The third-order valence-corrected chi connectivity index (χ3v) is 5.48. The third kappa shape index (κ3) is 4.11. The Kier molecular flexibility index (Phi) is 5.79. The van der Waals surface area contributed by atoms with Crippen molar-refractivity contribution in [1.82, 2.24) is 19.4 Å². The molecule has 6 nitrogen and oxygen atoms in total. The highest BCUT2D eigenvalue weighted by atomic mass is 16.5. The minimum Gasteiger partial charge on any atom is -0.494 e. The summed E-state index contributed by atoms with van der Waals surface area (Å²) in [6.45, 7) is 7.18. The Balaban J connectivity index is 1.45. The van der Waals surface area contributed by atoms with Gasteiger partial charge in [0.15, 0.2) is 5.65 Å². The number of likely N-dealkylation sites (tertiary alicyclic amines) is 1. The molecule has 4 rings (SSSR count). The first-order chi connectivity index (χ1) is 14.2. The Hall–Kier alpha value is -2.89. The highest BCUT2D eigenvalue weighted by molar-refractivity contribution is 5.79. The highest BCUT2D eigenvalue weighted by Crippen LogP contribution is 2.29. The summed E-state index contributed by atoms with van der Waals surface area (Å²) in [6, 6.07) is 11.8. The topological polar surface area (TPSA) is 60.2 Å². The molecule has 0 unspecified atom stereocenters. The molecular weight excluding hydrogens is 364 g/mol. The first kappa shape index (κ1) is 19.4. The second-order valence-electron chi connectivity index (χ2n) is 7.55. The molecule has 1 saturated heterocycles. The molecule has 0 N–H and O–H groups in total. The van der Waals surface area contributed by atoms with Gasteiger partial charge >= 0.3 is 0 Å². The van der Waals surface area contributed by atoms with Crippen LogP contribution in [0.25, 0.3) is 11.2 Å². The van der Waals surface area contributed by atoms with Gasteiger partial charge in [0.2, 0.25) is 5.91 Å². The van der Waals surface area contributed by atoms with Gasteiger partial charge in [-0.05, 0) is 49.6 Å². The van der Waals surface area contributed by atoms with Crippen LogP contribution in [-0.2, 0) is 17.8 Å². The average Bonchev–Trinajstić information content (AvgIpc) is 3.35. The van der Waals surface area contributed by atoms with Gasteiger partial charge in [-0.15, -0.1) is 0 Å². The number of carbonyl (C=O) groups is 1. The number of pyridine rings is 1. The Labute approximate surface area is 171 Å². The van der Waals surface area contributed by atoms with Crippen LogP contribution >= 0.6 is 0 Å². The predicted molar refractivity (Wildman–Crippen MR) is 113 cm³/mol. The van der Waals surface area contributed by atoms with Gasteiger partial charge in [-0.3, -0.25) is 4.79 Å². The van der Waals surface area contributed by atoms with Gasteiger partial charge in [0.05, 0.1) is 13.0 Å². The van der Waals surface area contributed by atoms with Crippen LogP contribution in [0.15, 0.2) is 42.6 Å². The van der Waals surface area contributed by atoms with Crippen molar-refractivity contribution in [2.45, 2.75) is 45.6 Å². The number of ether oxygens (including phenoxy) is 1. The lowest BCUT2D eigenvalue weighted by atomic mass is 10.1. The fraction of sp³-hybridized carbons (Fsp3) is 0.435. The molecule has 0 spiro atoms. The van der Waals surface area contributed by atoms with E-state index in [9.17, 15) is 4.79 Å². The number of benzene rings is 1. The van der Waals surface area contributed by atoms with Crippen LogP contribution in [0.4, 0.5) is 0 Å². The number of aryl methyl sites for hydroxylation is 1. The van der Waals surface area contributed by atoms with Crippen molar-refractivity contribution >= 4 is 17.1 Å². The van der Waals surface area contributed by atoms with Gasteiger partial charge in [-0.25, -0.2) is 9.97 Å². The summed E-state index contributed by atoms with van der Waals surface area (Å²) in [5.41, 5.74) is 2.91. The first-order valence-electron chi connectivity index (χ1n) is 10.5. The van der Waals surface area contributed by atoms with E-state index in [4.69, 9.17) is 9.72 Å². The number of hydrogen-bond acceptors (Lipinski definition) is 4. The van der Waals surface area contributed by atoms with Crippen LogP contribution < -0.4 is 4.74 Å². The summed E-state index contributed by atoms with van der Waals surface area (Å²) in [4.78, 5) is 24.2. The van der Waals surface area contributed by atoms with E-state index in [0.29, 0.717) is 13.0 Å². The van der Waals surface area contributed by atoms with E-state index in [1.807, 2.05) is 54.4 Å². The van der Waals surface area contributed by atoms with E-state index < -0.39 is 0 Å². The van der Waals surface area contributed by atoms with Crippen LogP contribution in [0.5, 0.6) is 5.75 Å². The molecular formula is C23H28N4O2. The van der Waals surface area contributed by atoms with E-state index in [-0.39, 0.29) is 11.8 Å². The van der Waals surface area contributed by atoms with Crippen LogP contribution in [0.1, 0.15) is 44.0 Å². The van der Waals surface area contributed by atoms with Crippen molar-refractivity contribution < 1.29 is 9.53 Å². The molecule has 0 bridgehead atoms. The summed E-state index contributed by atoms with van der Waals surface area (Å²) >= 11 is 0. The maximum Gasteiger partial charge on any atom is 0.227 e. The fourth-order valence-corrected chi connectivity index (χ4v) is 4.09. The van der Waals surface area contributed by atoms with Crippen molar-refractivity contribution in [3.05, 3.63) is 54.0 Å². The summed E-state index contributed by atoms with van der Waals surface area (Å²) in [5, 5.41) is 0. The number of imidazole rings is 1. The molecule has 1 amide bonds. The maximum atomic E-state index is 12.8. The van der Waals surface area contributed by atoms with Crippen molar-refractivity contribution in [3.63, 3.8) is 0 Å². The molecule has 1 aliphatic heterocycles. The van der Waals surface area contributed by atoms with Gasteiger partial charge in [-0.1, -0.05) is 19.1 Å². The second-order valence-corrected chi connectivity index (χ2v) is 7.55. The molecule has 1 aromatic carbocycles. The maximum absolute atomic E-state index is 12.8. The Morgan fingerprint density at radius 1 is 1.21 bits per heavy atom. The van der Waals surface area contributed by atoms with Crippen molar-refractivity contribution in [2.75, 3.05) is 19.7 Å². The SMILES string of the molecule is CCCn1c([C@@H]2CCN(C(=O)Cc3ccc(OCC)cc3)C2)nc2cccnc21. The summed E-state index contributed by atoms with van der Waals surface area (Å²) in [6.07, 6.45) is 4.22. The predicted octanol–water partition coefficient (Wildman–Crippen LogP) is 3.80. The zero-order chi connectivity index (χ0) is 20.2. The number of carbonyl (C=O) groups excluding carboxylic acids is 1. The summed E-state index contributed by atoms with van der Waals surface area (Å²) in [5.74, 6) is 2.35. The Bertz CT molecular complexity index is 980. The monoisotopic (exact) mass is 392 g/mol. The molecule has 6 heteroatoms. The van der Waals surface area contributed by atoms with Crippen LogP contribution in [0.2, 0.25) is 0 Å². The van der Waals surface area contributed by atoms with E-state index in [1.54, 1.807) is 0 Å². The molecule has 3 aromatic rings. The summed E-state index contributed by atoms with van der Waals surface area (Å²) < 4.78 is 7.71. The minimum atomic E-state index is 0.174. The number of fused-ring (bicyclic) bond motifs is 1. The number of amides is 1. The van der Waals surface area contributed by atoms with Gasteiger partial charge in [-0.2, -0.15) is 0 Å². The zero-order valence-electron chi connectivity index (χ0n) is 17.2. The van der Waals surface area contributed by atoms with Crippen LogP contribution in [0.3, 0.4) is 0 Å². The lowest BCUT2D eigenvalue weighted by molar-refractivity contribution is -0.129. The zero-order valence-corrected chi connectivity index (χ0v) is 17.2. The lowest BCUT2D eigenvalue weighted by Crippen LogP contribution is -2.30. The van der Waals surface area contributed by atoms with Crippen molar-refractivity contribution in [2.24, 2.45) is 0 Å². The Morgan fingerprint density at radius 3 is 2.79 bits per heavy atom. The van der Waals surface area contributed by atoms with Crippen molar-refractivity contribution in [1.29, 1.82) is 0 Å². The molecule has 2 aromatic heterocycles. The molecule has 0 radical (unpaired) electrons. The van der Waals surface area contributed by atoms with Gasteiger partial charge < -0.3 is 14.2 Å². The number of rotatable bonds is 7. The molecule has 0 aliphatic carbocycles. The van der Waals surface area contributed by atoms with Crippen molar-refractivity contribution in [3.8, 4) is 5.75 Å². The smallest absolute Gasteiger partial charge is 0.227 e. The quantitative estimate of drug-likeness (QED) is 0.614. The second kappa shape index (κ2) is 8.64. The molecule has 152 valence electrons. The standard InChI is InChI=1S/C23H28N4O2/c1-3-13-27-22(25-20-6-5-12-24-23(20)27)18-11-14-26(16-18)21(28)15-17-7-9-19(10-8-17)29-4-2/h5-10,12,18H,3-4,11,13-16H2,1-2H3/t18-/m1/s1. The number of aromatic nitrogens is 3. The highest BCUT2D eigenvalue weighted by Gasteiger charge is 2.31. The molecule has 0 saturated carbocycles. The lowest BCUT2D eigenvalue weighted by Gasteiger charge is -2.17. The normalized spacial score (nSPS) is 16.5. The minimum absolute atomic E-state index is 0.174. The van der Waals surface area contributed by atoms with Gasteiger partial charge in [0, 0.05) is 31.7 Å². The average molecular weight is 393 g/mol. The molecule has 1 aliphatic rings. The van der Waals surface area contributed by atoms with E-state index in [1.165, 1.54) is 0 Å². The third-order valence-electron chi connectivity index (χ3n) is 5.48. The number of nitrogens with zero attached hydrogens (tertiary/aromatic N) is 4. The van der Waals surface area contributed by atoms with Crippen LogP contribution in [0, 0.1) is 0 Å². The first-order valence-corrected chi connectivity index (χ1v) is 10.5. The van der Waals surface area contributed by atoms with E-state index in [0.717, 1.165) is 60.8 Å². The molecule has 1 fully saturated rings. The Morgan fingerprint density at radius 2 is 2.03 bits per heavy atom. The molecule has 29 heavy (non-hydrogen) atoms. The van der Waals surface area contributed by atoms with E-state index in [2.05, 4.69) is 16.5 Å². The largest absolute Gasteiger partial charge is 0.494 e. The summed E-state index contributed by atoms with van der Waals surface area (Å²) in [7, 11) is 0. The molecule has 1 atom stereocenters. The number of hydrogen-bond donors (Lipinski definition) is 0.